The number of imidazole rings is 1. The van der Waals surface area contributed by atoms with E-state index in [1.54, 1.807) is 0 Å². The third-order valence-corrected chi connectivity index (χ3v) is 3.98. The first-order chi connectivity index (χ1) is 11.1. The highest BCUT2D eigenvalue weighted by molar-refractivity contribution is 5.85. The third kappa shape index (κ3) is 4.09. The number of amides is 2. The van der Waals surface area contributed by atoms with Gasteiger partial charge in [-0.25, -0.2) is 4.98 Å². The number of aryl methyl sites for hydroxylation is 1. The van der Waals surface area contributed by atoms with Crippen molar-refractivity contribution in [2.24, 2.45) is 5.92 Å². The Labute approximate surface area is 136 Å². The normalized spacial score (nSPS) is 12.1. The summed E-state index contributed by atoms with van der Waals surface area (Å²) in [7, 11) is 0. The monoisotopic (exact) mass is 316 g/mol. The maximum absolute atomic E-state index is 11.9. The summed E-state index contributed by atoms with van der Waals surface area (Å²) in [5.41, 5.74) is 1.98. The van der Waals surface area contributed by atoms with Gasteiger partial charge in [0.2, 0.25) is 11.8 Å². The Hall–Kier alpha value is -2.37. The van der Waals surface area contributed by atoms with Crippen molar-refractivity contribution in [2.45, 2.75) is 40.3 Å². The molecule has 0 bridgehead atoms. The maximum Gasteiger partial charge on any atom is 0.239 e. The summed E-state index contributed by atoms with van der Waals surface area (Å²) in [6.45, 7) is 6.97. The Morgan fingerprint density at radius 1 is 1.22 bits per heavy atom. The van der Waals surface area contributed by atoms with Crippen LogP contribution in [0.4, 0.5) is 0 Å². The van der Waals surface area contributed by atoms with Gasteiger partial charge in [-0.2, -0.15) is 0 Å². The molecular weight excluding hydrogens is 292 g/mol. The number of hydrogen-bond acceptors (Lipinski definition) is 3. The maximum atomic E-state index is 11.9. The molecule has 23 heavy (non-hydrogen) atoms. The molecule has 0 spiro atoms. The van der Waals surface area contributed by atoms with Crippen molar-refractivity contribution in [2.75, 3.05) is 6.54 Å². The van der Waals surface area contributed by atoms with Crippen molar-refractivity contribution in [3.8, 4) is 0 Å². The first-order valence-electron chi connectivity index (χ1n) is 8.05. The molecule has 0 aliphatic heterocycles. The van der Waals surface area contributed by atoms with E-state index in [1.807, 2.05) is 45.0 Å². The van der Waals surface area contributed by atoms with Crippen LogP contribution in [0.3, 0.4) is 0 Å². The van der Waals surface area contributed by atoms with E-state index in [2.05, 4.69) is 20.2 Å². The summed E-state index contributed by atoms with van der Waals surface area (Å²) in [6, 6.07) is 7.90. The van der Waals surface area contributed by atoms with Gasteiger partial charge in [-0.15, -0.1) is 0 Å². The van der Waals surface area contributed by atoms with Crippen LogP contribution in [0.2, 0.25) is 0 Å². The van der Waals surface area contributed by atoms with Crippen LogP contribution >= 0.6 is 0 Å². The Kier molecular flexibility index (Phi) is 5.73. The highest BCUT2D eigenvalue weighted by atomic mass is 16.2. The van der Waals surface area contributed by atoms with Gasteiger partial charge in [0.05, 0.1) is 24.1 Å². The number of benzene rings is 1. The Morgan fingerprint density at radius 3 is 2.65 bits per heavy atom. The number of para-hydroxylation sites is 2. The predicted molar refractivity (Wildman–Crippen MR) is 89.7 cm³/mol. The molecule has 2 rings (SSSR count). The molecule has 6 heteroatoms. The first kappa shape index (κ1) is 17.0. The highest BCUT2D eigenvalue weighted by Crippen LogP contribution is 2.15. The van der Waals surface area contributed by atoms with Crippen LogP contribution in [0.15, 0.2) is 24.3 Å². The molecule has 0 saturated carbocycles. The van der Waals surface area contributed by atoms with Crippen LogP contribution in [-0.2, 0) is 22.7 Å². The zero-order chi connectivity index (χ0) is 16.8. The minimum absolute atomic E-state index is 0.00444. The number of rotatable bonds is 7. The lowest BCUT2D eigenvalue weighted by molar-refractivity contribution is -0.128. The van der Waals surface area contributed by atoms with E-state index in [0.29, 0.717) is 6.54 Å². The van der Waals surface area contributed by atoms with Gasteiger partial charge in [0.25, 0.3) is 0 Å². The zero-order valence-electron chi connectivity index (χ0n) is 13.9. The number of fused-ring (bicyclic) bond motifs is 1. The zero-order valence-corrected chi connectivity index (χ0v) is 13.9. The number of nitrogens with one attached hydrogen (secondary N) is 2. The number of carbonyl (C=O) groups is 2. The Bertz CT molecular complexity index is 693. The molecule has 0 fully saturated rings. The van der Waals surface area contributed by atoms with Gasteiger partial charge in [-0.05, 0) is 25.5 Å². The summed E-state index contributed by atoms with van der Waals surface area (Å²) in [4.78, 5) is 28.1. The van der Waals surface area contributed by atoms with Crippen molar-refractivity contribution >= 4 is 22.8 Å². The van der Waals surface area contributed by atoms with Crippen LogP contribution in [-0.4, -0.2) is 27.9 Å². The van der Waals surface area contributed by atoms with Crippen LogP contribution in [0, 0.1) is 5.92 Å². The van der Waals surface area contributed by atoms with Crippen LogP contribution < -0.4 is 10.6 Å². The minimum Gasteiger partial charge on any atom is -0.347 e. The largest absolute Gasteiger partial charge is 0.347 e. The number of nitrogens with zero attached hydrogens (tertiary/aromatic N) is 2. The molecular formula is C17H24N4O2. The molecule has 0 radical (unpaired) electrons. The lowest BCUT2D eigenvalue weighted by atomic mass is 10.1. The van der Waals surface area contributed by atoms with Crippen molar-refractivity contribution < 1.29 is 9.59 Å². The molecule has 6 nitrogen and oxygen atoms in total. The summed E-state index contributed by atoms with van der Waals surface area (Å²) in [6.07, 6.45) is 0.758. The van der Waals surface area contributed by atoms with E-state index in [0.717, 1.165) is 29.8 Å². The molecule has 0 aliphatic rings. The second-order valence-electron chi connectivity index (χ2n) is 5.56. The summed E-state index contributed by atoms with van der Waals surface area (Å²) < 4.78 is 2.08. The third-order valence-electron chi connectivity index (χ3n) is 3.98. The van der Waals surface area contributed by atoms with E-state index in [4.69, 9.17) is 0 Å². The molecule has 1 unspecified atom stereocenters. The Morgan fingerprint density at radius 2 is 1.96 bits per heavy atom. The van der Waals surface area contributed by atoms with Crippen molar-refractivity contribution in [3.63, 3.8) is 0 Å². The molecule has 1 aromatic heterocycles. The Balaban J connectivity index is 1.93. The van der Waals surface area contributed by atoms with E-state index in [9.17, 15) is 9.59 Å². The summed E-state index contributed by atoms with van der Waals surface area (Å²) in [5.74, 6) is 0.433. The van der Waals surface area contributed by atoms with Gasteiger partial charge in [0, 0.05) is 12.5 Å². The first-order valence-corrected chi connectivity index (χ1v) is 8.05. The number of carbonyl (C=O) groups excluding carboxylic acids is 2. The molecule has 1 atom stereocenters. The summed E-state index contributed by atoms with van der Waals surface area (Å²) in [5, 5.41) is 5.46. The molecule has 0 saturated heterocycles. The lowest BCUT2D eigenvalue weighted by Crippen LogP contribution is -2.39. The SMILES string of the molecule is CCC(C)C(=O)NCC(=O)NCc1nc2ccccc2n1CC. The fourth-order valence-electron chi connectivity index (χ4n) is 2.38. The lowest BCUT2D eigenvalue weighted by Gasteiger charge is -2.10. The van der Waals surface area contributed by atoms with Crippen LogP contribution in [0.1, 0.15) is 33.0 Å². The van der Waals surface area contributed by atoms with Crippen LogP contribution in [0.5, 0.6) is 0 Å². The molecule has 1 heterocycles. The van der Waals surface area contributed by atoms with Crippen molar-refractivity contribution in [1.29, 1.82) is 0 Å². The van der Waals surface area contributed by atoms with Gasteiger partial charge >= 0.3 is 0 Å². The van der Waals surface area contributed by atoms with E-state index < -0.39 is 0 Å². The average molecular weight is 316 g/mol. The highest BCUT2D eigenvalue weighted by Gasteiger charge is 2.13. The van der Waals surface area contributed by atoms with Crippen molar-refractivity contribution in [1.82, 2.24) is 20.2 Å². The molecule has 1 aromatic carbocycles. The molecule has 124 valence electrons. The molecule has 2 N–H and O–H groups in total. The number of aromatic nitrogens is 2. The van der Waals surface area contributed by atoms with Crippen molar-refractivity contribution in [3.05, 3.63) is 30.1 Å². The minimum atomic E-state index is -0.212. The van der Waals surface area contributed by atoms with Gasteiger partial charge in [0.1, 0.15) is 5.82 Å². The topological polar surface area (TPSA) is 76.0 Å². The van der Waals surface area contributed by atoms with E-state index in [1.165, 1.54) is 0 Å². The van der Waals surface area contributed by atoms with Gasteiger partial charge in [-0.3, -0.25) is 9.59 Å². The molecule has 2 amide bonds. The van der Waals surface area contributed by atoms with E-state index >= 15 is 0 Å². The second-order valence-corrected chi connectivity index (χ2v) is 5.56. The quantitative estimate of drug-likeness (QED) is 0.818. The fourth-order valence-corrected chi connectivity index (χ4v) is 2.38. The smallest absolute Gasteiger partial charge is 0.239 e. The van der Waals surface area contributed by atoms with Gasteiger partial charge in [-0.1, -0.05) is 26.0 Å². The molecule has 0 aliphatic carbocycles. The fraction of sp³-hybridized carbons (Fsp3) is 0.471. The second kappa shape index (κ2) is 7.76. The van der Waals surface area contributed by atoms with Crippen LogP contribution in [0.25, 0.3) is 11.0 Å². The average Bonchev–Trinajstić information content (AvgIpc) is 2.94. The van der Waals surface area contributed by atoms with E-state index in [-0.39, 0.29) is 24.3 Å². The molecule has 2 aromatic rings. The summed E-state index contributed by atoms with van der Waals surface area (Å²) >= 11 is 0. The van der Waals surface area contributed by atoms with Gasteiger partial charge in [0.15, 0.2) is 0 Å². The standard InChI is InChI=1S/C17H24N4O2/c1-4-12(3)17(23)19-11-16(22)18-10-15-20-13-8-6-7-9-14(13)21(15)5-2/h6-9,12H,4-5,10-11H2,1-3H3,(H,18,22)(H,19,23). The predicted octanol–water partition coefficient (Wildman–Crippen LogP) is 1.83. The number of hydrogen-bond donors (Lipinski definition) is 2. The van der Waals surface area contributed by atoms with Gasteiger partial charge < -0.3 is 15.2 Å².